The van der Waals surface area contributed by atoms with Crippen molar-refractivity contribution >= 4 is 21.6 Å². The van der Waals surface area contributed by atoms with E-state index in [0.29, 0.717) is 10.8 Å². The highest BCUT2D eigenvalue weighted by molar-refractivity contribution is 7.89. The quantitative estimate of drug-likeness (QED) is 0.817. The van der Waals surface area contributed by atoms with Crippen LogP contribution in [0.5, 0.6) is 5.75 Å². The fourth-order valence-corrected chi connectivity index (χ4v) is 4.71. The first-order valence-electron chi connectivity index (χ1n) is 8.08. The number of nitrogens with zero attached hydrogens (tertiary/aromatic N) is 2. The van der Waals surface area contributed by atoms with Gasteiger partial charge in [0.1, 0.15) is 28.6 Å². The minimum Gasteiger partial charge on any atom is -0.489 e. The monoisotopic (exact) mass is 410 g/mol. The molecule has 0 aliphatic carbocycles. The SMILES string of the molecule is N#Cc1cc(F)ccc1S(=O)(=O)N1CC(CO)C(Oc2ccc(Cl)cc2)C1. The van der Waals surface area contributed by atoms with Gasteiger partial charge in [0.2, 0.25) is 10.0 Å². The lowest BCUT2D eigenvalue weighted by Gasteiger charge is -2.19. The molecule has 142 valence electrons. The molecule has 2 aromatic rings. The highest BCUT2D eigenvalue weighted by Crippen LogP contribution is 2.29. The van der Waals surface area contributed by atoms with Crippen molar-refractivity contribution in [3.05, 3.63) is 58.9 Å². The van der Waals surface area contributed by atoms with Gasteiger partial charge in [0, 0.05) is 17.5 Å². The van der Waals surface area contributed by atoms with Gasteiger partial charge < -0.3 is 9.84 Å². The molecule has 1 heterocycles. The van der Waals surface area contributed by atoms with Crippen molar-refractivity contribution in [3.63, 3.8) is 0 Å². The molecule has 1 fully saturated rings. The zero-order valence-corrected chi connectivity index (χ0v) is 15.6. The zero-order chi connectivity index (χ0) is 19.6. The number of sulfonamides is 1. The topological polar surface area (TPSA) is 90.6 Å². The molecule has 1 saturated heterocycles. The first-order valence-corrected chi connectivity index (χ1v) is 9.90. The van der Waals surface area contributed by atoms with Crippen molar-refractivity contribution in [2.75, 3.05) is 19.7 Å². The van der Waals surface area contributed by atoms with E-state index in [2.05, 4.69) is 0 Å². The van der Waals surface area contributed by atoms with Gasteiger partial charge in [0.05, 0.1) is 18.7 Å². The van der Waals surface area contributed by atoms with Gasteiger partial charge >= 0.3 is 0 Å². The Morgan fingerprint density at radius 3 is 2.59 bits per heavy atom. The summed E-state index contributed by atoms with van der Waals surface area (Å²) >= 11 is 5.84. The van der Waals surface area contributed by atoms with Crippen LogP contribution in [0.1, 0.15) is 5.56 Å². The summed E-state index contributed by atoms with van der Waals surface area (Å²) in [7, 11) is -4.04. The maximum atomic E-state index is 13.3. The maximum absolute atomic E-state index is 13.3. The van der Waals surface area contributed by atoms with Gasteiger partial charge in [-0.1, -0.05) is 11.6 Å². The summed E-state index contributed by atoms with van der Waals surface area (Å²) in [5, 5.41) is 19.3. The van der Waals surface area contributed by atoms with Gasteiger partial charge in [-0.25, -0.2) is 12.8 Å². The van der Waals surface area contributed by atoms with Crippen LogP contribution in [0.4, 0.5) is 4.39 Å². The predicted molar refractivity (Wildman–Crippen MR) is 96.3 cm³/mol. The number of benzene rings is 2. The van der Waals surface area contributed by atoms with Crippen molar-refractivity contribution in [3.8, 4) is 11.8 Å². The lowest BCUT2D eigenvalue weighted by molar-refractivity contribution is 0.122. The second kappa shape index (κ2) is 7.82. The molecule has 27 heavy (non-hydrogen) atoms. The molecule has 0 saturated carbocycles. The molecule has 0 aromatic heterocycles. The summed E-state index contributed by atoms with van der Waals surface area (Å²) in [4.78, 5) is -0.268. The van der Waals surface area contributed by atoms with Crippen LogP contribution in [0, 0.1) is 23.1 Å². The van der Waals surface area contributed by atoms with Crippen molar-refractivity contribution in [1.82, 2.24) is 4.31 Å². The fourth-order valence-electron chi connectivity index (χ4n) is 2.95. The third-order valence-corrected chi connectivity index (χ3v) is 6.50. The summed E-state index contributed by atoms with van der Waals surface area (Å²) in [6.45, 7) is -0.240. The zero-order valence-electron chi connectivity index (χ0n) is 14.0. The van der Waals surface area contributed by atoms with Crippen LogP contribution >= 0.6 is 11.6 Å². The Hall–Kier alpha value is -2.18. The van der Waals surface area contributed by atoms with Crippen LogP contribution in [0.3, 0.4) is 0 Å². The molecule has 2 unspecified atom stereocenters. The standard InChI is InChI=1S/C18H16ClFN2O4S/c19-14-1-4-16(5-2-14)26-17-10-22(9-13(17)11-23)27(24,25)18-6-3-15(20)7-12(18)8-21/h1-7,13,17,23H,9-11H2. The summed E-state index contributed by atoms with van der Waals surface area (Å²) in [6.07, 6.45) is -0.572. The van der Waals surface area contributed by atoms with Crippen LogP contribution < -0.4 is 4.74 Å². The van der Waals surface area contributed by atoms with E-state index in [1.165, 1.54) is 0 Å². The van der Waals surface area contributed by atoms with Gasteiger partial charge in [0.25, 0.3) is 0 Å². The van der Waals surface area contributed by atoms with Gasteiger partial charge in [-0.05, 0) is 42.5 Å². The van der Waals surface area contributed by atoms with E-state index in [9.17, 15) is 17.9 Å². The van der Waals surface area contributed by atoms with Crippen LogP contribution in [0.2, 0.25) is 5.02 Å². The molecule has 1 N–H and O–H groups in total. The smallest absolute Gasteiger partial charge is 0.244 e. The number of aliphatic hydroxyl groups is 1. The molecule has 0 bridgehead atoms. The Kier molecular flexibility index (Phi) is 5.67. The molecule has 1 aliphatic heterocycles. The second-order valence-corrected chi connectivity index (χ2v) is 8.47. The van der Waals surface area contributed by atoms with Crippen molar-refractivity contribution in [2.24, 2.45) is 5.92 Å². The van der Waals surface area contributed by atoms with E-state index in [1.54, 1.807) is 30.3 Å². The molecule has 2 atom stereocenters. The minimum absolute atomic E-state index is 0.00156. The largest absolute Gasteiger partial charge is 0.489 e. The van der Waals surface area contributed by atoms with Crippen LogP contribution in [0.25, 0.3) is 0 Å². The first kappa shape index (κ1) is 19.6. The number of hydrogen-bond acceptors (Lipinski definition) is 5. The summed E-state index contributed by atoms with van der Waals surface area (Å²) in [5.41, 5.74) is -0.266. The van der Waals surface area contributed by atoms with E-state index < -0.39 is 27.9 Å². The van der Waals surface area contributed by atoms with Crippen LogP contribution in [-0.4, -0.2) is 43.6 Å². The van der Waals surface area contributed by atoms with Gasteiger partial charge in [-0.2, -0.15) is 9.57 Å². The lowest BCUT2D eigenvalue weighted by Crippen LogP contribution is -2.31. The highest BCUT2D eigenvalue weighted by atomic mass is 35.5. The van der Waals surface area contributed by atoms with Crippen molar-refractivity contribution in [1.29, 1.82) is 5.26 Å². The number of halogens is 2. The number of hydrogen-bond donors (Lipinski definition) is 1. The Bertz CT molecular complexity index is 976. The molecular weight excluding hydrogens is 395 g/mol. The minimum atomic E-state index is -4.04. The fraction of sp³-hybridized carbons (Fsp3) is 0.278. The second-order valence-electron chi connectivity index (χ2n) is 6.13. The number of ether oxygens (including phenoxy) is 1. The van der Waals surface area contributed by atoms with E-state index in [4.69, 9.17) is 21.6 Å². The highest BCUT2D eigenvalue weighted by Gasteiger charge is 2.41. The Balaban J connectivity index is 1.85. The van der Waals surface area contributed by atoms with Crippen molar-refractivity contribution < 1.29 is 22.7 Å². The molecule has 0 radical (unpaired) electrons. The summed E-state index contributed by atoms with van der Waals surface area (Å²) in [6, 6.07) is 11.3. The lowest BCUT2D eigenvalue weighted by atomic mass is 10.1. The van der Waals surface area contributed by atoms with Crippen LogP contribution in [-0.2, 0) is 10.0 Å². The molecule has 6 nitrogen and oxygen atoms in total. The molecule has 3 rings (SSSR count). The van der Waals surface area contributed by atoms with E-state index in [-0.39, 0.29) is 30.2 Å². The molecule has 1 aliphatic rings. The number of aliphatic hydroxyl groups excluding tert-OH is 1. The molecule has 2 aromatic carbocycles. The van der Waals surface area contributed by atoms with E-state index >= 15 is 0 Å². The van der Waals surface area contributed by atoms with Gasteiger partial charge in [-0.15, -0.1) is 0 Å². The number of nitriles is 1. The number of rotatable bonds is 5. The normalized spacial score (nSPS) is 20.4. The predicted octanol–water partition coefficient (Wildman–Crippen LogP) is 2.41. The van der Waals surface area contributed by atoms with Gasteiger partial charge in [-0.3, -0.25) is 0 Å². The average Bonchev–Trinajstić information content (AvgIpc) is 3.07. The van der Waals surface area contributed by atoms with E-state index in [0.717, 1.165) is 22.5 Å². The molecule has 9 heteroatoms. The van der Waals surface area contributed by atoms with E-state index in [1.807, 2.05) is 0 Å². The third-order valence-electron chi connectivity index (χ3n) is 4.36. The maximum Gasteiger partial charge on any atom is 0.244 e. The van der Waals surface area contributed by atoms with Crippen LogP contribution in [0.15, 0.2) is 47.4 Å². The molecule has 0 amide bonds. The Morgan fingerprint density at radius 2 is 1.96 bits per heavy atom. The first-order chi connectivity index (χ1) is 12.8. The molecule has 0 spiro atoms. The third kappa shape index (κ3) is 4.06. The summed E-state index contributed by atoms with van der Waals surface area (Å²) < 4.78 is 46.1. The Labute approximate surface area is 161 Å². The van der Waals surface area contributed by atoms with Gasteiger partial charge in [0.15, 0.2) is 0 Å². The Morgan fingerprint density at radius 1 is 1.26 bits per heavy atom. The molecular formula is C18H16ClFN2O4S. The average molecular weight is 411 g/mol. The van der Waals surface area contributed by atoms with Crippen molar-refractivity contribution in [2.45, 2.75) is 11.0 Å². The summed E-state index contributed by atoms with van der Waals surface area (Å²) in [5.74, 6) is -0.632.